The molecule has 2 aromatic heterocycles. The molecular weight excluding hydrogens is 256 g/mol. The van der Waals surface area contributed by atoms with Gasteiger partial charge in [0.1, 0.15) is 5.69 Å². The van der Waals surface area contributed by atoms with Crippen molar-refractivity contribution in [2.24, 2.45) is 5.41 Å². The lowest BCUT2D eigenvalue weighted by Crippen LogP contribution is -2.29. The van der Waals surface area contributed by atoms with E-state index in [1.54, 1.807) is 18.3 Å². The highest BCUT2D eigenvalue weighted by Gasteiger charge is 2.48. The summed E-state index contributed by atoms with van der Waals surface area (Å²) in [7, 11) is 0. The molecule has 3 heterocycles. The van der Waals surface area contributed by atoms with Crippen LogP contribution in [0.3, 0.4) is 0 Å². The molecule has 4 rings (SSSR count). The van der Waals surface area contributed by atoms with Gasteiger partial charge in [0.2, 0.25) is 5.82 Å². The first-order valence-electron chi connectivity index (χ1n) is 6.75. The van der Waals surface area contributed by atoms with Crippen molar-refractivity contribution in [1.82, 2.24) is 30.5 Å². The molecule has 2 aliphatic rings. The first-order chi connectivity index (χ1) is 9.76. The minimum absolute atomic E-state index is 0.0217. The van der Waals surface area contributed by atoms with E-state index in [9.17, 15) is 4.79 Å². The fraction of sp³-hybridized carbons (Fsp3) is 0.462. The summed E-state index contributed by atoms with van der Waals surface area (Å²) in [5.41, 5.74) is 1.67. The number of aromatic amines is 1. The van der Waals surface area contributed by atoms with Crippen LogP contribution in [-0.2, 0) is 0 Å². The lowest BCUT2D eigenvalue weighted by molar-refractivity contribution is 0.0779. The highest BCUT2D eigenvalue weighted by Crippen LogP contribution is 2.52. The van der Waals surface area contributed by atoms with Gasteiger partial charge in [0.15, 0.2) is 0 Å². The predicted molar refractivity (Wildman–Crippen MR) is 69.6 cm³/mol. The van der Waals surface area contributed by atoms with Crippen molar-refractivity contribution >= 4 is 5.91 Å². The molecule has 1 aliphatic carbocycles. The van der Waals surface area contributed by atoms with Crippen LogP contribution in [0.25, 0.3) is 11.4 Å². The van der Waals surface area contributed by atoms with Crippen LogP contribution in [0.4, 0.5) is 0 Å². The first-order valence-corrected chi connectivity index (χ1v) is 6.75. The Bertz CT molecular complexity index is 631. The van der Waals surface area contributed by atoms with Crippen molar-refractivity contribution in [2.75, 3.05) is 13.1 Å². The number of carbonyl (C=O) groups excluding carboxylic acids is 1. The normalized spacial score (nSPS) is 19.5. The van der Waals surface area contributed by atoms with Crippen LogP contribution >= 0.6 is 0 Å². The van der Waals surface area contributed by atoms with Gasteiger partial charge in [-0.3, -0.25) is 9.78 Å². The number of hydrogen-bond acceptors (Lipinski definition) is 5. The van der Waals surface area contributed by atoms with Crippen molar-refractivity contribution in [1.29, 1.82) is 0 Å². The lowest BCUT2D eigenvalue weighted by Gasteiger charge is -2.15. The maximum Gasteiger partial charge on any atom is 0.272 e. The van der Waals surface area contributed by atoms with Crippen molar-refractivity contribution in [3.8, 4) is 11.4 Å². The van der Waals surface area contributed by atoms with E-state index in [0.717, 1.165) is 25.1 Å². The van der Waals surface area contributed by atoms with Gasteiger partial charge in [0.05, 0.1) is 0 Å². The van der Waals surface area contributed by atoms with Crippen LogP contribution < -0.4 is 0 Å². The van der Waals surface area contributed by atoms with Crippen LogP contribution in [0.1, 0.15) is 29.8 Å². The molecule has 2 fully saturated rings. The molecule has 0 radical (unpaired) electrons. The summed E-state index contributed by atoms with van der Waals surface area (Å²) in [6.07, 6.45) is 5.28. The maximum absolute atomic E-state index is 12.4. The first kappa shape index (κ1) is 11.5. The Kier molecular flexibility index (Phi) is 2.35. The van der Waals surface area contributed by atoms with Crippen LogP contribution in [0.5, 0.6) is 0 Å². The molecule has 1 saturated heterocycles. The predicted octanol–water partition coefficient (Wildman–Crippen LogP) is 0.888. The number of hydrogen-bond donors (Lipinski definition) is 1. The van der Waals surface area contributed by atoms with Gasteiger partial charge in [-0.15, -0.1) is 10.2 Å². The van der Waals surface area contributed by atoms with Gasteiger partial charge >= 0.3 is 0 Å². The topological polar surface area (TPSA) is 87.7 Å². The van der Waals surface area contributed by atoms with E-state index in [1.807, 2.05) is 4.90 Å². The Morgan fingerprint density at radius 1 is 1.30 bits per heavy atom. The van der Waals surface area contributed by atoms with Gasteiger partial charge in [0.25, 0.3) is 5.91 Å². The molecular formula is C13H14N6O. The molecule has 0 unspecified atom stereocenters. The molecule has 102 valence electrons. The van der Waals surface area contributed by atoms with E-state index in [0.29, 0.717) is 16.9 Å². The molecule has 1 N–H and O–H groups in total. The van der Waals surface area contributed by atoms with Gasteiger partial charge in [0, 0.05) is 24.8 Å². The number of likely N-dealkylation sites (tertiary alicyclic amines) is 1. The third kappa shape index (κ3) is 1.86. The van der Waals surface area contributed by atoms with E-state index in [2.05, 4.69) is 25.6 Å². The maximum atomic E-state index is 12.4. The Morgan fingerprint density at radius 3 is 2.80 bits per heavy atom. The van der Waals surface area contributed by atoms with E-state index in [-0.39, 0.29) is 5.91 Å². The zero-order valence-corrected chi connectivity index (χ0v) is 10.9. The van der Waals surface area contributed by atoms with Gasteiger partial charge in [-0.25, -0.2) is 0 Å². The van der Waals surface area contributed by atoms with Crippen molar-refractivity contribution < 1.29 is 4.79 Å². The number of aromatic nitrogens is 5. The average molecular weight is 270 g/mol. The quantitative estimate of drug-likeness (QED) is 0.875. The molecule has 1 amide bonds. The Morgan fingerprint density at radius 2 is 2.20 bits per heavy atom. The largest absolute Gasteiger partial charge is 0.337 e. The molecule has 1 spiro atoms. The summed E-state index contributed by atoms with van der Waals surface area (Å²) < 4.78 is 0. The Labute approximate surface area is 115 Å². The van der Waals surface area contributed by atoms with E-state index < -0.39 is 0 Å². The molecule has 0 atom stereocenters. The zero-order chi connectivity index (χ0) is 13.6. The number of nitrogens with one attached hydrogen (secondary N) is 1. The summed E-state index contributed by atoms with van der Waals surface area (Å²) in [5, 5.41) is 13.7. The number of tetrazole rings is 1. The van der Waals surface area contributed by atoms with Gasteiger partial charge in [-0.05, 0) is 42.0 Å². The van der Waals surface area contributed by atoms with Crippen molar-refractivity contribution in [3.63, 3.8) is 0 Å². The SMILES string of the molecule is O=C(c1ccc(-c2nn[nH]n2)cn1)N1CCC2(CC2)C1. The molecule has 0 aromatic carbocycles. The standard InChI is InChI=1S/C13H14N6O/c20-12(19-6-5-13(8-19)3-4-13)10-2-1-9(7-14-10)11-15-17-18-16-11/h1-2,7H,3-6,8H2,(H,15,16,17,18). The molecule has 7 heteroatoms. The van der Waals surface area contributed by atoms with Crippen LogP contribution in [0.15, 0.2) is 18.3 Å². The summed E-state index contributed by atoms with van der Waals surface area (Å²) in [6.45, 7) is 1.74. The number of H-pyrrole nitrogens is 1. The molecule has 7 nitrogen and oxygen atoms in total. The fourth-order valence-corrected chi connectivity index (χ4v) is 2.79. The van der Waals surface area contributed by atoms with Crippen molar-refractivity contribution in [3.05, 3.63) is 24.0 Å². The average Bonchev–Trinajstić information content (AvgIpc) is 2.92. The molecule has 1 aliphatic heterocycles. The number of carbonyl (C=O) groups is 1. The van der Waals surface area contributed by atoms with Gasteiger partial charge in [-0.1, -0.05) is 0 Å². The minimum atomic E-state index is 0.0217. The van der Waals surface area contributed by atoms with E-state index in [1.165, 1.54) is 12.8 Å². The fourth-order valence-electron chi connectivity index (χ4n) is 2.79. The monoisotopic (exact) mass is 270 g/mol. The Hall–Kier alpha value is -2.31. The summed E-state index contributed by atoms with van der Waals surface area (Å²) in [4.78, 5) is 18.5. The van der Waals surface area contributed by atoms with E-state index >= 15 is 0 Å². The van der Waals surface area contributed by atoms with Crippen LogP contribution in [0.2, 0.25) is 0 Å². The second kappa shape index (κ2) is 4.09. The summed E-state index contributed by atoms with van der Waals surface area (Å²) in [5.74, 6) is 0.503. The third-order valence-corrected chi connectivity index (χ3v) is 4.27. The number of nitrogens with zero attached hydrogens (tertiary/aromatic N) is 5. The number of amides is 1. The zero-order valence-electron chi connectivity index (χ0n) is 10.9. The second-order valence-corrected chi connectivity index (χ2v) is 5.64. The Balaban J connectivity index is 1.52. The molecule has 2 aromatic rings. The second-order valence-electron chi connectivity index (χ2n) is 5.64. The highest BCUT2D eigenvalue weighted by atomic mass is 16.2. The lowest BCUT2D eigenvalue weighted by atomic mass is 10.1. The van der Waals surface area contributed by atoms with Crippen LogP contribution in [-0.4, -0.2) is 49.5 Å². The summed E-state index contributed by atoms with van der Waals surface area (Å²) in [6, 6.07) is 3.53. The van der Waals surface area contributed by atoms with Crippen molar-refractivity contribution in [2.45, 2.75) is 19.3 Å². The molecule has 0 bridgehead atoms. The van der Waals surface area contributed by atoms with E-state index in [4.69, 9.17) is 0 Å². The molecule has 1 saturated carbocycles. The van der Waals surface area contributed by atoms with Gasteiger partial charge in [-0.2, -0.15) is 5.21 Å². The minimum Gasteiger partial charge on any atom is -0.337 e. The highest BCUT2D eigenvalue weighted by molar-refractivity contribution is 5.92. The summed E-state index contributed by atoms with van der Waals surface area (Å²) >= 11 is 0. The van der Waals surface area contributed by atoms with Crippen LogP contribution in [0, 0.1) is 5.41 Å². The number of pyridine rings is 1. The third-order valence-electron chi connectivity index (χ3n) is 4.27. The number of rotatable bonds is 2. The molecule has 20 heavy (non-hydrogen) atoms. The smallest absolute Gasteiger partial charge is 0.272 e. The van der Waals surface area contributed by atoms with Gasteiger partial charge < -0.3 is 4.90 Å².